The molecule has 2 N–H and O–H groups in total. The molecule has 1 atom stereocenters. The molecule has 1 aliphatic rings. The Morgan fingerprint density at radius 2 is 1.85 bits per heavy atom. The highest BCUT2D eigenvalue weighted by molar-refractivity contribution is 5.85. The Balaban J connectivity index is 1.32. The van der Waals surface area contributed by atoms with E-state index in [9.17, 15) is 4.79 Å². The van der Waals surface area contributed by atoms with Gasteiger partial charge in [0.15, 0.2) is 11.5 Å². The molecular formula is C22H22N2O3. The second-order valence-electron chi connectivity index (χ2n) is 6.62. The molecule has 5 nitrogen and oxygen atoms in total. The molecule has 3 aromatic rings. The maximum atomic E-state index is 12.2. The molecule has 0 aromatic heterocycles. The molecule has 2 amide bonds. The molecular weight excluding hydrogens is 340 g/mol. The van der Waals surface area contributed by atoms with Crippen LogP contribution >= 0.6 is 0 Å². The highest BCUT2D eigenvalue weighted by Gasteiger charge is 2.16. The average molecular weight is 362 g/mol. The van der Waals surface area contributed by atoms with Crippen molar-refractivity contribution in [3.05, 3.63) is 71.8 Å². The summed E-state index contributed by atoms with van der Waals surface area (Å²) in [6, 6.07) is 20.0. The minimum Gasteiger partial charge on any atom is -0.454 e. The van der Waals surface area contributed by atoms with Crippen molar-refractivity contribution in [1.82, 2.24) is 10.6 Å². The monoisotopic (exact) mass is 362 g/mol. The molecule has 0 fully saturated rings. The Hall–Kier alpha value is -3.21. The number of hydrogen-bond donors (Lipinski definition) is 2. The number of ether oxygens (including phenoxy) is 2. The van der Waals surface area contributed by atoms with Crippen LogP contribution in [0.3, 0.4) is 0 Å². The fourth-order valence-corrected chi connectivity index (χ4v) is 3.33. The molecule has 1 unspecified atom stereocenters. The largest absolute Gasteiger partial charge is 0.454 e. The molecule has 0 spiro atoms. The first-order valence-corrected chi connectivity index (χ1v) is 9.11. The number of benzene rings is 3. The molecule has 138 valence electrons. The van der Waals surface area contributed by atoms with Crippen molar-refractivity contribution in [2.24, 2.45) is 0 Å². The van der Waals surface area contributed by atoms with Crippen LogP contribution in [-0.4, -0.2) is 19.4 Å². The smallest absolute Gasteiger partial charge is 0.315 e. The Morgan fingerprint density at radius 1 is 1.04 bits per heavy atom. The van der Waals surface area contributed by atoms with Crippen LogP contribution in [0.1, 0.15) is 24.1 Å². The summed E-state index contributed by atoms with van der Waals surface area (Å²) in [5.74, 6) is 1.46. The third-order valence-electron chi connectivity index (χ3n) is 4.80. The quantitative estimate of drug-likeness (QED) is 0.716. The minimum absolute atomic E-state index is 0.128. The minimum atomic E-state index is -0.180. The third-order valence-corrected chi connectivity index (χ3v) is 4.80. The van der Waals surface area contributed by atoms with E-state index in [0.29, 0.717) is 6.54 Å². The highest BCUT2D eigenvalue weighted by Crippen LogP contribution is 2.34. The van der Waals surface area contributed by atoms with E-state index < -0.39 is 0 Å². The topological polar surface area (TPSA) is 59.6 Å². The zero-order valence-corrected chi connectivity index (χ0v) is 15.2. The lowest BCUT2D eigenvalue weighted by molar-refractivity contribution is 0.174. The molecule has 3 aromatic carbocycles. The van der Waals surface area contributed by atoms with Crippen LogP contribution in [0, 0.1) is 0 Å². The van der Waals surface area contributed by atoms with Crippen molar-refractivity contribution < 1.29 is 14.3 Å². The summed E-state index contributed by atoms with van der Waals surface area (Å²) in [6.07, 6.45) is 0.785. The number of fused-ring (bicyclic) bond motifs is 2. The number of amides is 2. The third kappa shape index (κ3) is 3.82. The SMILES string of the molecule is CC(NC(=O)NCCc1cccc2ccccc12)c1ccc2c(c1)OCO2. The van der Waals surface area contributed by atoms with Gasteiger partial charge in [-0.3, -0.25) is 0 Å². The van der Waals surface area contributed by atoms with Gasteiger partial charge in [0.1, 0.15) is 0 Å². The van der Waals surface area contributed by atoms with Crippen LogP contribution in [0.2, 0.25) is 0 Å². The first-order valence-electron chi connectivity index (χ1n) is 9.11. The van der Waals surface area contributed by atoms with Gasteiger partial charge in [-0.1, -0.05) is 48.5 Å². The molecule has 5 heteroatoms. The fourth-order valence-electron chi connectivity index (χ4n) is 3.33. The summed E-state index contributed by atoms with van der Waals surface area (Å²) in [7, 11) is 0. The van der Waals surface area contributed by atoms with E-state index in [1.165, 1.54) is 16.3 Å². The lowest BCUT2D eigenvalue weighted by Crippen LogP contribution is -2.38. The summed E-state index contributed by atoms with van der Waals surface area (Å²) in [6.45, 7) is 2.77. The van der Waals surface area contributed by atoms with Gasteiger partial charge in [0.05, 0.1) is 6.04 Å². The summed E-state index contributed by atoms with van der Waals surface area (Å²) < 4.78 is 10.7. The lowest BCUT2D eigenvalue weighted by Gasteiger charge is -2.16. The predicted molar refractivity (Wildman–Crippen MR) is 105 cm³/mol. The molecule has 0 aliphatic carbocycles. The van der Waals surface area contributed by atoms with Crippen LogP contribution in [-0.2, 0) is 6.42 Å². The van der Waals surface area contributed by atoms with E-state index in [1.54, 1.807) is 0 Å². The van der Waals surface area contributed by atoms with Gasteiger partial charge < -0.3 is 20.1 Å². The van der Waals surface area contributed by atoms with E-state index >= 15 is 0 Å². The maximum Gasteiger partial charge on any atom is 0.315 e. The van der Waals surface area contributed by atoms with Crippen molar-refractivity contribution in [3.63, 3.8) is 0 Å². The van der Waals surface area contributed by atoms with Crippen LogP contribution in [0.25, 0.3) is 10.8 Å². The standard InChI is InChI=1S/C22H22N2O3/c1-15(18-9-10-20-21(13-18)27-14-26-20)24-22(25)23-12-11-17-7-4-6-16-5-2-3-8-19(16)17/h2-10,13,15H,11-12,14H2,1H3,(H2,23,24,25). The summed E-state index contributed by atoms with van der Waals surface area (Å²) >= 11 is 0. The van der Waals surface area contributed by atoms with E-state index in [1.807, 2.05) is 37.3 Å². The second-order valence-corrected chi connectivity index (χ2v) is 6.62. The van der Waals surface area contributed by atoms with Crippen LogP contribution < -0.4 is 20.1 Å². The van der Waals surface area contributed by atoms with Crippen LogP contribution in [0.5, 0.6) is 11.5 Å². The average Bonchev–Trinajstić information content (AvgIpc) is 3.16. The van der Waals surface area contributed by atoms with Crippen LogP contribution in [0.4, 0.5) is 4.79 Å². The number of hydrogen-bond acceptors (Lipinski definition) is 3. The predicted octanol–water partition coefficient (Wildman–Crippen LogP) is 4.17. The second kappa shape index (κ2) is 7.58. The van der Waals surface area contributed by atoms with Gasteiger partial charge >= 0.3 is 6.03 Å². The van der Waals surface area contributed by atoms with Gasteiger partial charge in [0.25, 0.3) is 0 Å². The van der Waals surface area contributed by atoms with Crippen molar-refractivity contribution in [3.8, 4) is 11.5 Å². The molecule has 4 rings (SSSR count). The zero-order valence-electron chi connectivity index (χ0n) is 15.2. The molecule has 1 heterocycles. The molecule has 27 heavy (non-hydrogen) atoms. The number of carbonyl (C=O) groups is 1. The van der Waals surface area contributed by atoms with Crippen molar-refractivity contribution in [2.75, 3.05) is 13.3 Å². The fraction of sp³-hybridized carbons (Fsp3) is 0.227. The van der Waals surface area contributed by atoms with E-state index in [4.69, 9.17) is 9.47 Å². The van der Waals surface area contributed by atoms with Gasteiger partial charge in [-0.05, 0) is 47.4 Å². The van der Waals surface area contributed by atoms with Gasteiger partial charge in [0.2, 0.25) is 6.79 Å². The number of carbonyl (C=O) groups excluding carboxylic acids is 1. The Bertz CT molecular complexity index is 965. The normalized spacial score (nSPS) is 13.4. The van der Waals surface area contributed by atoms with Crippen molar-refractivity contribution in [2.45, 2.75) is 19.4 Å². The first kappa shape index (κ1) is 17.2. The van der Waals surface area contributed by atoms with Gasteiger partial charge in [-0.25, -0.2) is 4.79 Å². The lowest BCUT2D eigenvalue weighted by atomic mass is 10.0. The Kier molecular flexibility index (Phi) is 4.83. The number of rotatable bonds is 5. The number of urea groups is 1. The van der Waals surface area contributed by atoms with Crippen molar-refractivity contribution >= 4 is 16.8 Å². The Labute approximate surface area is 158 Å². The van der Waals surface area contributed by atoms with Crippen molar-refractivity contribution in [1.29, 1.82) is 0 Å². The summed E-state index contributed by atoms with van der Waals surface area (Å²) in [5, 5.41) is 8.36. The van der Waals surface area contributed by atoms with E-state index in [2.05, 4.69) is 41.0 Å². The highest BCUT2D eigenvalue weighted by atomic mass is 16.7. The molecule has 0 bridgehead atoms. The zero-order chi connectivity index (χ0) is 18.6. The number of nitrogens with one attached hydrogen (secondary N) is 2. The Morgan fingerprint density at radius 3 is 2.78 bits per heavy atom. The summed E-state index contributed by atoms with van der Waals surface area (Å²) in [5.41, 5.74) is 2.21. The maximum absolute atomic E-state index is 12.2. The van der Waals surface area contributed by atoms with Gasteiger partial charge in [0, 0.05) is 6.54 Å². The van der Waals surface area contributed by atoms with Gasteiger partial charge in [-0.15, -0.1) is 0 Å². The van der Waals surface area contributed by atoms with E-state index in [-0.39, 0.29) is 18.9 Å². The molecule has 0 saturated heterocycles. The van der Waals surface area contributed by atoms with Crippen LogP contribution in [0.15, 0.2) is 60.7 Å². The molecule has 0 saturated carbocycles. The summed E-state index contributed by atoms with van der Waals surface area (Å²) in [4.78, 5) is 12.2. The first-order chi connectivity index (χ1) is 13.2. The molecule has 0 radical (unpaired) electrons. The molecule has 1 aliphatic heterocycles. The van der Waals surface area contributed by atoms with Gasteiger partial charge in [-0.2, -0.15) is 0 Å². The van der Waals surface area contributed by atoms with E-state index in [0.717, 1.165) is 23.5 Å².